The lowest BCUT2D eigenvalue weighted by Crippen LogP contribution is -2.23. The second-order valence-electron chi connectivity index (χ2n) is 2.67. The summed E-state index contributed by atoms with van der Waals surface area (Å²) >= 11 is -2.36. The summed E-state index contributed by atoms with van der Waals surface area (Å²) in [5, 5.41) is 0. The van der Waals surface area contributed by atoms with Crippen LogP contribution >= 0.6 is 0 Å². The first-order valence-corrected chi connectivity index (χ1v) is 6.27. The molecule has 0 saturated heterocycles. The topological polar surface area (TPSA) is 71.4 Å². The van der Waals surface area contributed by atoms with Gasteiger partial charge in [-0.25, -0.2) is 12.6 Å². The van der Waals surface area contributed by atoms with Crippen LogP contribution in [0, 0.1) is 0 Å². The Morgan fingerprint density at radius 3 is 1.88 bits per heavy atom. The number of rotatable bonds is 2. The summed E-state index contributed by atoms with van der Waals surface area (Å²) in [6.45, 7) is 0. The van der Waals surface area contributed by atoms with Crippen LogP contribution in [0.4, 0.5) is 13.2 Å². The fourth-order valence-corrected chi connectivity index (χ4v) is 2.00. The predicted octanol–water partition coefficient (Wildman–Crippen LogP) is 1.56. The third-order valence-electron chi connectivity index (χ3n) is 1.64. The Kier molecular flexibility index (Phi) is 3.41. The summed E-state index contributed by atoms with van der Waals surface area (Å²) in [4.78, 5) is -1.14. The van der Waals surface area contributed by atoms with Gasteiger partial charge in [0, 0.05) is 0 Å². The number of benzene rings is 1. The van der Waals surface area contributed by atoms with Crippen molar-refractivity contribution in [2.45, 2.75) is 15.3 Å². The number of alkyl halides is 3. The zero-order valence-corrected chi connectivity index (χ0v) is 9.06. The highest BCUT2D eigenvalue weighted by atomic mass is 32.2. The molecule has 0 aliphatic heterocycles. The Hall–Kier alpha value is -0.930. The molecule has 1 aromatic carbocycles. The minimum Gasteiger partial charge on any atom is -0.302 e. The second-order valence-corrected chi connectivity index (χ2v) is 5.58. The average Bonchev–Trinajstić information content (AvgIpc) is 2.16. The van der Waals surface area contributed by atoms with Gasteiger partial charge in [0.25, 0.3) is 9.84 Å². The highest BCUT2D eigenvalue weighted by Gasteiger charge is 2.46. The molecule has 0 spiro atoms. The molecular weight excluding hydrogens is 269 g/mol. The molecule has 90 valence electrons. The largest absolute Gasteiger partial charge is 0.501 e. The zero-order valence-electron chi connectivity index (χ0n) is 7.43. The van der Waals surface area contributed by atoms with E-state index in [9.17, 15) is 25.8 Å². The standard InChI is InChI=1S/C7H5F3O4S2/c8-7(9,10)16(13,14)6-3-1-5(2-4-6)15(11)12/h1-4H,(H,11,12). The SMILES string of the molecule is O=S(O)c1ccc(S(=O)(=O)C(F)(F)F)cc1. The van der Waals surface area contributed by atoms with Crippen LogP contribution in [0.15, 0.2) is 34.1 Å². The molecule has 1 atom stereocenters. The minimum atomic E-state index is -5.40. The summed E-state index contributed by atoms with van der Waals surface area (Å²) in [6.07, 6.45) is 0. The van der Waals surface area contributed by atoms with Gasteiger partial charge in [-0.2, -0.15) is 13.2 Å². The highest BCUT2D eigenvalue weighted by Crippen LogP contribution is 2.30. The number of halogens is 3. The predicted molar refractivity (Wildman–Crippen MR) is 48.7 cm³/mol. The lowest BCUT2D eigenvalue weighted by Gasteiger charge is -2.07. The Labute approximate surface area is 91.3 Å². The van der Waals surface area contributed by atoms with Gasteiger partial charge < -0.3 is 4.55 Å². The molecule has 1 aromatic rings. The summed E-state index contributed by atoms with van der Waals surface area (Å²) < 4.78 is 77.1. The van der Waals surface area contributed by atoms with Crippen molar-refractivity contribution < 1.29 is 30.4 Å². The molecular formula is C7H5F3O4S2. The van der Waals surface area contributed by atoms with Crippen LogP contribution in [-0.2, 0) is 20.9 Å². The van der Waals surface area contributed by atoms with Crippen LogP contribution in [-0.4, -0.2) is 22.7 Å². The van der Waals surface area contributed by atoms with Crippen LogP contribution in [0.3, 0.4) is 0 Å². The maximum Gasteiger partial charge on any atom is 0.501 e. The third-order valence-corrected chi connectivity index (χ3v) is 3.82. The molecule has 9 heteroatoms. The molecule has 0 aromatic heterocycles. The molecule has 0 bridgehead atoms. The van der Waals surface area contributed by atoms with Crippen molar-refractivity contribution in [2.75, 3.05) is 0 Å². The van der Waals surface area contributed by atoms with Gasteiger partial charge in [-0.3, -0.25) is 0 Å². The molecule has 0 saturated carbocycles. The number of hydrogen-bond donors (Lipinski definition) is 1. The van der Waals surface area contributed by atoms with Crippen LogP contribution in [0.5, 0.6) is 0 Å². The lowest BCUT2D eigenvalue weighted by atomic mass is 10.4. The first-order valence-electron chi connectivity index (χ1n) is 3.68. The normalized spacial score (nSPS) is 14.8. The van der Waals surface area contributed by atoms with E-state index in [1.807, 2.05) is 0 Å². The molecule has 0 amide bonds. The first-order chi connectivity index (χ1) is 7.16. The summed E-state index contributed by atoms with van der Waals surface area (Å²) in [5.74, 6) is 0. The number of sulfone groups is 1. The van der Waals surface area contributed by atoms with E-state index in [2.05, 4.69) is 0 Å². The van der Waals surface area contributed by atoms with E-state index >= 15 is 0 Å². The van der Waals surface area contributed by atoms with Gasteiger partial charge in [-0.05, 0) is 24.3 Å². The van der Waals surface area contributed by atoms with Gasteiger partial charge >= 0.3 is 5.51 Å². The highest BCUT2D eigenvalue weighted by molar-refractivity contribution is 7.92. The van der Waals surface area contributed by atoms with E-state index in [1.165, 1.54) is 0 Å². The molecule has 0 aliphatic rings. The van der Waals surface area contributed by atoms with E-state index < -0.39 is 31.3 Å². The van der Waals surface area contributed by atoms with E-state index in [0.29, 0.717) is 12.1 Å². The minimum absolute atomic E-state index is 0.180. The summed E-state index contributed by atoms with van der Waals surface area (Å²) in [5.41, 5.74) is -5.38. The molecule has 0 aliphatic carbocycles. The Bertz CT molecular complexity index is 503. The van der Waals surface area contributed by atoms with Gasteiger partial charge in [0.15, 0.2) is 11.1 Å². The van der Waals surface area contributed by atoms with Crippen LogP contribution in [0.1, 0.15) is 0 Å². The van der Waals surface area contributed by atoms with Gasteiger partial charge in [0.1, 0.15) is 0 Å². The molecule has 4 nitrogen and oxygen atoms in total. The second kappa shape index (κ2) is 4.15. The van der Waals surface area contributed by atoms with Crippen molar-refractivity contribution in [3.05, 3.63) is 24.3 Å². The van der Waals surface area contributed by atoms with E-state index in [4.69, 9.17) is 4.55 Å². The van der Waals surface area contributed by atoms with Crippen molar-refractivity contribution in [3.8, 4) is 0 Å². The fourth-order valence-electron chi connectivity index (χ4n) is 0.869. The lowest BCUT2D eigenvalue weighted by molar-refractivity contribution is -0.0436. The van der Waals surface area contributed by atoms with E-state index in [0.717, 1.165) is 12.1 Å². The molecule has 16 heavy (non-hydrogen) atoms. The fraction of sp³-hybridized carbons (Fsp3) is 0.143. The van der Waals surface area contributed by atoms with Crippen molar-refractivity contribution >= 4 is 20.9 Å². The van der Waals surface area contributed by atoms with Gasteiger partial charge in [-0.1, -0.05) is 0 Å². The maximum atomic E-state index is 12.1. The van der Waals surface area contributed by atoms with Crippen LogP contribution in [0.2, 0.25) is 0 Å². The molecule has 0 heterocycles. The summed E-state index contributed by atoms with van der Waals surface area (Å²) in [7, 11) is -5.40. The van der Waals surface area contributed by atoms with Crippen molar-refractivity contribution in [2.24, 2.45) is 0 Å². The monoisotopic (exact) mass is 274 g/mol. The van der Waals surface area contributed by atoms with E-state index in [1.54, 1.807) is 0 Å². The summed E-state index contributed by atoms with van der Waals surface area (Å²) in [6, 6.07) is 2.95. The maximum absolute atomic E-state index is 12.1. The van der Waals surface area contributed by atoms with Gasteiger partial charge in [-0.15, -0.1) is 0 Å². The Morgan fingerprint density at radius 2 is 1.56 bits per heavy atom. The Morgan fingerprint density at radius 1 is 1.12 bits per heavy atom. The third kappa shape index (κ3) is 2.42. The first kappa shape index (κ1) is 13.1. The van der Waals surface area contributed by atoms with Crippen molar-refractivity contribution in [1.29, 1.82) is 0 Å². The quantitative estimate of drug-likeness (QED) is 0.831. The Balaban J connectivity index is 3.23. The van der Waals surface area contributed by atoms with Gasteiger partial charge in [0.05, 0.1) is 9.79 Å². The van der Waals surface area contributed by atoms with Crippen molar-refractivity contribution in [3.63, 3.8) is 0 Å². The van der Waals surface area contributed by atoms with Crippen LogP contribution < -0.4 is 0 Å². The molecule has 1 unspecified atom stereocenters. The zero-order chi connectivity index (χ0) is 12.6. The number of hydrogen-bond acceptors (Lipinski definition) is 3. The van der Waals surface area contributed by atoms with E-state index in [-0.39, 0.29) is 4.90 Å². The molecule has 0 fully saturated rings. The van der Waals surface area contributed by atoms with Gasteiger partial charge in [0.2, 0.25) is 0 Å². The van der Waals surface area contributed by atoms with Crippen LogP contribution in [0.25, 0.3) is 0 Å². The average molecular weight is 274 g/mol. The molecule has 1 rings (SSSR count). The molecule has 0 radical (unpaired) electrons. The molecule has 1 N–H and O–H groups in total. The smallest absolute Gasteiger partial charge is 0.302 e. The van der Waals surface area contributed by atoms with Crippen molar-refractivity contribution in [1.82, 2.24) is 0 Å².